The summed E-state index contributed by atoms with van der Waals surface area (Å²) in [6, 6.07) is 1.48. The molecule has 1 unspecified atom stereocenters. The van der Waals surface area contributed by atoms with Gasteiger partial charge in [0, 0.05) is 42.9 Å². The van der Waals surface area contributed by atoms with Crippen LogP contribution in [0, 0.1) is 0 Å². The fraction of sp³-hybridized carbons (Fsp3) is 0.870. The van der Waals surface area contributed by atoms with Crippen molar-refractivity contribution in [3.8, 4) is 0 Å². The number of nitrogens with one attached hydrogen (secondary N) is 1. The lowest BCUT2D eigenvalue weighted by molar-refractivity contribution is 0.155. The van der Waals surface area contributed by atoms with E-state index in [0.717, 1.165) is 6.04 Å². The highest BCUT2D eigenvalue weighted by Crippen LogP contribution is 2.36. The maximum absolute atomic E-state index is 4.88. The van der Waals surface area contributed by atoms with Crippen LogP contribution in [-0.4, -0.2) is 46.2 Å². The molecule has 3 rings (SSSR count). The Morgan fingerprint density at radius 2 is 1.96 bits per heavy atom. The molecular formula is C23H42N4. The lowest BCUT2D eigenvalue weighted by Crippen LogP contribution is -2.38. The molecule has 4 nitrogen and oxygen atoms in total. The summed E-state index contributed by atoms with van der Waals surface area (Å²) in [5.41, 5.74) is 1.48. The monoisotopic (exact) mass is 374 g/mol. The normalized spacial score (nSPS) is 27.8. The number of piperidine rings is 1. The molecule has 1 aliphatic heterocycles. The van der Waals surface area contributed by atoms with Crippen LogP contribution >= 0.6 is 0 Å². The molecule has 1 aromatic rings. The molecule has 2 heterocycles. The molecular weight excluding hydrogens is 332 g/mol. The SMILES string of the molecule is CCCN(CC)C1CCC(c2cnc([C@@H](C)CC3CCCCN3)n2C)CC1. The van der Waals surface area contributed by atoms with Crippen molar-refractivity contribution in [2.75, 3.05) is 19.6 Å². The van der Waals surface area contributed by atoms with Crippen LogP contribution in [0.4, 0.5) is 0 Å². The van der Waals surface area contributed by atoms with Crippen LogP contribution in [0.1, 0.15) is 102 Å². The average Bonchev–Trinajstić information content (AvgIpc) is 3.08. The van der Waals surface area contributed by atoms with Gasteiger partial charge in [-0.25, -0.2) is 4.98 Å². The summed E-state index contributed by atoms with van der Waals surface area (Å²) in [5, 5.41) is 3.70. The van der Waals surface area contributed by atoms with E-state index in [1.807, 2.05) is 0 Å². The molecule has 0 radical (unpaired) electrons. The van der Waals surface area contributed by atoms with Gasteiger partial charge in [0.25, 0.3) is 0 Å². The molecule has 1 aliphatic carbocycles. The predicted molar refractivity (Wildman–Crippen MR) is 114 cm³/mol. The first-order chi connectivity index (χ1) is 13.1. The lowest BCUT2D eigenvalue weighted by atomic mass is 9.83. The first kappa shape index (κ1) is 20.9. The summed E-state index contributed by atoms with van der Waals surface area (Å²) >= 11 is 0. The van der Waals surface area contributed by atoms with E-state index in [2.05, 4.69) is 48.8 Å². The van der Waals surface area contributed by atoms with Crippen LogP contribution in [0.15, 0.2) is 6.20 Å². The Kier molecular flexibility index (Phi) is 7.77. The van der Waals surface area contributed by atoms with Crippen LogP contribution in [0.5, 0.6) is 0 Å². The minimum Gasteiger partial charge on any atom is -0.335 e. The highest BCUT2D eigenvalue weighted by Gasteiger charge is 2.28. The molecule has 4 heteroatoms. The van der Waals surface area contributed by atoms with Crippen molar-refractivity contribution in [1.82, 2.24) is 19.8 Å². The lowest BCUT2D eigenvalue weighted by Gasteiger charge is -2.36. The second kappa shape index (κ2) is 10.1. The fourth-order valence-corrected chi connectivity index (χ4v) is 5.56. The van der Waals surface area contributed by atoms with Gasteiger partial charge >= 0.3 is 0 Å². The molecule has 1 saturated carbocycles. The highest BCUT2D eigenvalue weighted by molar-refractivity contribution is 5.14. The zero-order valence-corrected chi connectivity index (χ0v) is 18.2. The summed E-state index contributed by atoms with van der Waals surface area (Å²) in [4.78, 5) is 7.58. The van der Waals surface area contributed by atoms with E-state index in [1.54, 1.807) is 0 Å². The van der Waals surface area contributed by atoms with Gasteiger partial charge < -0.3 is 14.8 Å². The minimum atomic E-state index is 0.538. The second-order valence-electron chi connectivity index (χ2n) is 9.02. The Bertz CT molecular complexity index is 553. The Balaban J connectivity index is 1.57. The number of rotatable bonds is 8. The molecule has 1 aromatic heterocycles. The van der Waals surface area contributed by atoms with Gasteiger partial charge in [-0.05, 0) is 71.0 Å². The number of nitrogens with zero attached hydrogens (tertiary/aromatic N) is 3. The van der Waals surface area contributed by atoms with Crippen molar-refractivity contribution in [3.63, 3.8) is 0 Å². The fourth-order valence-electron chi connectivity index (χ4n) is 5.56. The molecule has 2 aliphatic rings. The Hall–Kier alpha value is -0.870. The standard InChI is InChI=1S/C23H42N4/c1-5-15-27(6-2)21-12-10-19(11-13-21)22-17-25-23(26(22)4)18(3)16-20-9-7-8-14-24-20/h17-21,24H,5-16H2,1-4H3/t18-,19?,20?,21?/m0/s1. The van der Waals surface area contributed by atoms with Gasteiger partial charge in [-0.2, -0.15) is 0 Å². The molecule has 0 aromatic carbocycles. The van der Waals surface area contributed by atoms with E-state index in [-0.39, 0.29) is 0 Å². The van der Waals surface area contributed by atoms with Crippen LogP contribution in [0.2, 0.25) is 0 Å². The van der Waals surface area contributed by atoms with Crippen LogP contribution in [-0.2, 0) is 7.05 Å². The third-order valence-corrected chi connectivity index (χ3v) is 7.10. The highest BCUT2D eigenvalue weighted by atomic mass is 15.1. The zero-order valence-electron chi connectivity index (χ0n) is 18.2. The minimum absolute atomic E-state index is 0.538. The summed E-state index contributed by atoms with van der Waals surface area (Å²) in [5.74, 6) is 2.53. The van der Waals surface area contributed by atoms with Gasteiger partial charge in [-0.1, -0.05) is 27.2 Å². The summed E-state index contributed by atoms with van der Waals surface area (Å²) in [6.45, 7) is 10.6. The quantitative estimate of drug-likeness (QED) is 0.708. The van der Waals surface area contributed by atoms with Crippen LogP contribution in [0.25, 0.3) is 0 Å². The van der Waals surface area contributed by atoms with Gasteiger partial charge in [-0.3, -0.25) is 0 Å². The first-order valence-corrected chi connectivity index (χ1v) is 11.6. The number of imidazole rings is 1. The van der Waals surface area contributed by atoms with Gasteiger partial charge in [0.05, 0.1) is 0 Å². The first-order valence-electron chi connectivity index (χ1n) is 11.6. The van der Waals surface area contributed by atoms with Crippen molar-refractivity contribution in [3.05, 3.63) is 17.7 Å². The molecule has 2 atom stereocenters. The van der Waals surface area contributed by atoms with E-state index in [0.29, 0.717) is 17.9 Å². The third-order valence-electron chi connectivity index (χ3n) is 7.10. The van der Waals surface area contributed by atoms with Crippen LogP contribution < -0.4 is 5.32 Å². The van der Waals surface area contributed by atoms with E-state index in [4.69, 9.17) is 4.98 Å². The van der Waals surface area contributed by atoms with Gasteiger partial charge in [0.1, 0.15) is 5.82 Å². The van der Waals surface area contributed by atoms with Crippen molar-refractivity contribution in [2.24, 2.45) is 7.05 Å². The Morgan fingerprint density at radius 1 is 1.19 bits per heavy atom. The molecule has 27 heavy (non-hydrogen) atoms. The van der Waals surface area contributed by atoms with Gasteiger partial charge in [-0.15, -0.1) is 0 Å². The van der Waals surface area contributed by atoms with Crippen LogP contribution in [0.3, 0.4) is 0 Å². The maximum atomic E-state index is 4.88. The zero-order chi connectivity index (χ0) is 19.2. The van der Waals surface area contributed by atoms with Crippen molar-refractivity contribution in [1.29, 1.82) is 0 Å². The summed E-state index contributed by atoms with van der Waals surface area (Å²) in [7, 11) is 2.25. The molecule has 0 bridgehead atoms. The van der Waals surface area contributed by atoms with Crippen molar-refractivity contribution >= 4 is 0 Å². The molecule has 2 fully saturated rings. The molecule has 154 valence electrons. The van der Waals surface area contributed by atoms with E-state index >= 15 is 0 Å². The smallest absolute Gasteiger partial charge is 0.111 e. The predicted octanol–water partition coefficient (Wildman–Crippen LogP) is 4.81. The van der Waals surface area contributed by atoms with E-state index in [1.165, 1.54) is 88.9 Å². The van der Waals surface area contributed by atoms with E-state index in [9.17, 15) is 0 Å². The Labute approximate surface area is 167 Å². The number of hydrogen-bond donors (Lipinski definition) is 1. The summed E-state index contributed by atoms with van der Waals surface area (Å²) in [6.07, 6.45) is 14.1. The number of aromatic nitrogens is 2. The second-order valence-corrected chi connectivity index (χ2v) is 9.02. The largest absolute Gasteiger partial charge is 0.335 e. The molecule has 0 amide bonds. The number of hydrogen-bond acceptors (Lipinski definition) is 3. The maximum Gasteiger partial charge on any atom is 0.111 e. The average molecular weight is 375 g/mol. The van der Waals surface area contributed by atoms with E-state index < -0.39 is 0 Å². The van der Waals surface area contributed by atoms with Gasteiger partial charge in [0.15, 0.2) is 0 Å². The molecule has 1 saturated heterocycles. The van der Waals surface area contributed by atoms with Crippen molar-refractivity contribution in [2.45, 2.75) is 102 Å². The topological polar surface area (TPSA) is 33.1 Å². The molecule has 0 spiro atoms. The Morgan fingerprint density at radius 3 is 2.59 bits per heavy atom. The summed E-state index contributed by atoms with van der Waals surface area (Å²) < 4.78 is 2.43. The van der Waals surface area contributed by atoms with Crippen molar-refractivity contribution < 1.29 is 0 Å². The van der Waals surface area contributed by atoms with Gasteiger partial charge in [0.2, 0.25) is 0 Å². The third kappa shape index (κ3) is 5.14. The molecule has 1 N–H and O–H groups in total.